The summed E-state index contributed by atoms with van der Waals surface area (Å²) in [6.07, 6.45) is 2.35. The minimum Gasteiger partial charge on any atom is -0.382 e. The summed E-state index contributed by atoms with van der Waals surface area (Å²) in [5, 5.41) is 5.91. The van der Waals surface area contributed by atoms with E-state index in [0.29, 0.717) is 31.9 Å². The number of nitrogens with one attached hydrogen (secondary N) is 2. The first-order valence-corrected chi connectivity index (χ1v) is 6.82. The average molecular weight is 281 g/mol. The number of hydrogen-bond acceptors (Lipinski definition) is 5. The molecule has 2 N–H and O–H groups in total. The number of pyridine rings is 1. The van der Waals surface area contributed by atoms with Crippen LogP contribution in [0.15, 0.2) is 18.3 Å². The van der Waals surface area contributed by atoms with Crippen LogP contribution in [0.5, 0.6) is 0 Å². The molecule has 0 unspecified atom stereocenters. The molecule has 1 rings (SSSR count). The van der Waals surface area contributed by atoms with Crippen molar-refractivity contribution >= 4 is 11.7 Å². The molecule has 0 aliphatic carbocycles. The highest BCUT2D eigenvalue weighted by Crippen LogP contribution is 2.04. The van der Waals surface area contributed by atoms with Gasteiger partial charge in [-0.1, -0.05) is 0 Å². The molecule has 0 fully saturated rings. The van der Waals surface area contributed by atoms with Crippen LogP contribution in [0.2, 0.25) is 0 Å². The van der Waals surface area contributed by atoms with Gasteiger partial charge in [0.05, 0.1) is 18.8 Å². The Bertz CT molecular complexity index is 382. The first-order valence-electron chi connectivity index (χ1n) is 6.82. The smallest absolute Gasteiger partial charge is 0.252 e. The van der Waals surface area contributed by atoms with Gasteiger partial charge in [0.25, 0.3) is 5.91 Å². The quantitative estimate of drug-likeness (QED) is 0.632. The van der Waals surface area contributed by atoms with Crippen LogP contribution in [0.25, 0.3) is 0 Å². The van der Waals surface area contributed by atoms with Crippen LogP contribution in [0.3, 0.4) is 0 Å². The number of nitrogens with zero attached hydrogens (tertiary/aromatic N) is 1. The van der Waals surface area contributed by atoms with Crippen molar-refractivity contribution in [3.05, 3.63) is 23.9 Å². The third kappa shape index (κ3) is 6.49. The Balaban J connectivity index is 2.18. The van der Waals surface area contributed by atoms with Crippen molar-refractivity contribution in [3.63, 3.8) is 0 Å². The maximum Gasteiger partial charge on any atom is 0.252 e. The summed E-state index contributed by atoms with van der Waals surface area (Å²) in [5.41, 5.74) is 0.562. The normalized spacial score (nSPS) is 10.3. The van der Waals surface area contributed by atoms with Crippen LogP contribution >= 0.6 is 0 Å². The maximum atomic E-state index is 11.8. The molecule has 20 heavy (non-hydrogen) atoms. The van der Waals surface area contributed by atoms with Crippen molar-refractivity contribution in [2.24, 2.45) is 0 Å². The summed E-state index contributed by atoms with van der Waals surface area (Å²) in [7, 11) is 1.64. The zero-order valence-corrected chi connectivity index (χ0v) is 12.1. The Hall–Kier alpha value is -1.66. The Morgan fingerprint density at radius 1 is 1.30 bits per heavy atom. The lowest BCUT2D eigenvalue weighted by Crippen LogP contribution is -2.25. The SMILES string of the molecule is CCNc1ccc(C(=O)NCCCOCCOC)cn1. The Morgan fingerprint density at radius 2 is 2.15 bits per heavy atom. The van der Waals surface area contributed by atoms with E-state index < -0.39 is 0 Å². The highest BCUT2D eigenvalue weighted by Gasteiger charge is 2.05. The molecule has 112 valence electrons. The highest BCUT2D eigenvalue weighted by atomic mass is 16.5. The molecule has 0 atom stereocenters. The number of hydrogen-bond donors (Lipinski definition) is 2. The third-order valence-electron chi connectivity index (χ3n) is 2.57. The number of rotatable bonds is 10. The lowest BCUT2D eigenvalue weighted by molar-refractivity contribution is 0.0688. The number of amides is 1. The molecule has 0 saturated heterocycles. The molecule has 0 aliphatic heterocycles. The molecule has 1 aromatic rings. The monoisotopic (exact) mass is 281 g/mol. The molecule has 6 heteroatoms. The highest BCUT2D eigenvalue weighted by molar-refractivity contribution is 5.93. The molecule has 0 saturated carbocycles. The number of ether oxygens (including phenoxy) is 2. The fourth-order valence-electron chi connectivity index (χ4n) is 1.54. The van der Waals surface area contributed by atoms with Gasteiger partial charge in [-0.05, 0) is 25.5 Å². The van der Waals surface area contributed by atoms with Gasteiger partial charge in [-0.2, -0.15) is 0 Å². The van der Waals surface area contributed by atoms with Crippen molar-refractivity contribution in [1.82, 2.24) is 10.3 Å². The first kappa shape index (κ1) is 16.4. The van der Waals surface area contributed by atoms with Crippen molar-refractivity contribution in [2.75, 3.05) is 45.3 Å². The lowest BCUT2D eigenvalue weighted by atomic mass is 10.2. The van der Waals surface area contributed by atoms with Gasteiger partial charge in [-0.25, -0.2) is 4.98 Å². The minimum atomic E-state index is -0.113. The van der Waals surface area contributed by atoms with E-state index in [0.717, 1.165) is 18.8 Å². The number of aromatic nitrogens is 1. The summed E-state index contributed by atoms with van der Waals surface area (Å²) in [6, 6.07) is 3.56. The van der Waals surface area contributed by atoms with Gasteiger partial charge in [0.1, 0.15) is 5.82 Å². The predicted octanol–water partition coefficient (Wildman–Crippen LogP) is 1.30. The molecule has 1 aromatic heterocycles. The van der Waals surface area contributed by atoms with Gasteiger partial charge in [-0.15, -0.1) is 0 Å². The molecule has 0 radical (unpaired) electrons. The molecular formula is C14H23N3O3. The molecule has 0 spiro atoms. The van der Waals surface area contributed by atoms with Crippen LogP contribution in [0, 0.1) is 0 Å². The van der Waals surface area contributed by atoms with Gasteiger partial charge in [0.2, 0.25) is 0 Å². The minimum absolute atomic E-state index is 0.113. The molecule has 1 amide bonds. The number of anilines is 1. The fourth-order valence-corrected chi connectivity index (χ4v) is 1.54. The van der Waals surface area contributed by atoms with E-state index in [-0.39, 0.29) is 5.91 Å². The summed E-state index contributed by atoms with van der Waals surface area (Å²) in [6.45, 7) is 5.18. The molecule has 0 aliphatic rings. The van der Waals surface area contributed by atoms with Crippen LogP contribution in [0.4, 0.5) is 5.82 Å². The van der Waals surface area contributed by atoms with E-state index in [1.165, 1.54) is 0 Å². The van der Waals surface area contributed by atoms with E-state index in [2.05, 4.69) is 15.6 Å². The Labute approximate surface area is 119 Å². The molecule has 1 heterocycles. The van der Waals surface area contributed by atoms with Crippen LogP contribution in [-0.2, 0) is 9.47 Å². The zero-order chi connectivity index (χ0) is 14.6. The van der Waals surface area contributed by atoms with Gasteiger partial charge < -0.3 is 20.1 Å². The molecule has 6 nitrogen and oxygen atoms in total. The van der Waals surface area contributed by atoms with Crippen molar-refractivity contribution in [1.29, 1.82) is 0 Å². The topological polar surface area (TPSA) is 72.5 Å². The van der Waals surface area contributed by atoms with E-state index in [4.69, 9.17) is 9.47 Å². The van der Waals surface area contributed by atoms with Crippen LogP contribution in [0.1, 0.15) is 23.7 Å². The van der Waals surface area contributed by atoms with E-state index >= 15 is 0 Å². The standard InChI is InChI=1S/C14H23N3O3/c1-3-15-13-6-5-12(11-17-13)14(18)16-7-4-8-20-10-9-19-2/h5-6,11H,3-4,7-10H2,1-2H3,(H,15,17)(H,16,18). The lowest BCUT2D eigenvalue weighted by Gasteiger charge is -2.07. The fraction of sp³-hybridized carbons (Fsp3) is 0.571. The molecular weight excluding hydrogens is 258 g/mol. The Kier molecular flexibility index (Phi) is 8.33. The van der Waals surface area contributed by atoms with Crippen molar-refractivity contribution in [3.8, 4) is 0 Å². The Morgan fingerprint density at radius 3 is 2.80 bits per heavy atom. The predicted molar refractivity (Wildman–Crippen MR) is 78.0 cm³/mol. The van der Waals surface area contributed by atoms with Gasteiger partial charge >= 0.3 is 0 Å². The first-order chi connectivity index (χ1) is 9.77. The van der Waals surface area contributed by atoms with Crippen molar-refractivity contribution in [2.45, 2.75) is 13.3 Å². The van der Waals surface area contributed by atoms with E-state index in [1.807, 2.05) is 6.92 Å². The summed E-state index contributed by atoms with van der Waals surface area (Å²) < 4.78 is 10.2. The average Bonchev–Trinajstić information content (AvgIpc) is 2.47. The second-order valence-electron chi connectivity index (χ2n) is 4.18. The molecule has 0 aromatic carbocycles. The van der Waals surface area contributed by atoms with E-state index in [9.17, 15) is 4.79 Å². The number of carbonyl (C=O) groups excluding carboxylic acids is 1. The maximum absolute atomic E-state index is 11.8. The van der Waals surface area contributed by atoms with Gasteiger partial charge in [0, 0.05) is 33.0 Å². The zero-order valence-electron chi connectivity index (χ0n) is 12.1. The molecule has 0 bridgehead atoms. The number of methoxy groups -OCH3 is 1. The summed E-state index contributed by atoms with van der Waals surface area (Å²) in [4.78, 5) is 16.0. The second kappa shape index (κ2) is 10.2. The largest absolute Gasteiger partial charge is 0.382 e. The van der Waals surface area contributed by atoms with Gasteiger partial charge in [0.15, 0.2) is 0 Å². The van der Waals surface area contributed by atoms with Crippen LogP contribution in [-0.4, -0.2) is 50.9 Å². The summed E-state index contributed by atoms with van der Waals surface area (Å²) in [5.74, 6) is 0.660. The van der Waals surface area contributed by atoms with Crippen LogP contribution < -0.4 is 10.6 Å². The summed E-state index contributed by atoms with van der Waals surface area (Å²) >= 11 is 0. The second-order valence-corrected chi connectivity index (χ2v) is 4.18. The van der Waals surface area contributed by atoms with Crippen molar-refractivity contribution < 1.29 is 14.3 Å². The van der Waals surface area contributed by atoms with E-state index in [1.54, 1.807) is 25.4 Å². The van der Waals surface area contributed by atoms with Gasteiger partial charge in [-0.3, -0.25) is 4.79 Å². The third-order valence-corrected chi connectivity index (χ3v) is 2.57. The number of carbonyl (C=O) groups is 1.